The standard InChI is InChI=1S/C22H27NO4/c1-16-7-9-17(10-8-16)20(27-14-13-24)15-23-21(25)22(11-12-22)18-5-3-4-6-19(18)26-2/h3-10,20,24H,11-15H2,1-2H3,(H,23,25). The molecule has 1 unspecified atom stereocenters. The van der Waals surface area contributed by atoms with Crippen molar-refractivity contribution in [2.24, 2.45) is 0 Å². The molecule has 1 aliphatic rings. The maximum absolute atomic E-state index is 13.0. The Morgan fingerprint density at radius 1 is 1.19 bits per heavy atom. The van der Waals surface area contributed by atoms with Crippen LogP contribution in [0.2, 0.25) is 0 Å². The highest BCUT2D eigenvalue weighted by Crippen LogP contribution is 2.51. The van der Waals surface area contributed by atoms with Crippen LogP contribution in [0.25, 0.3) is 0 Å². The number of aliphatic hydroxyl groups is 1. The first kappa shape index (κ1) is 19.4. The Kier molecular flexibility index (Phi) is 6.14. The number of rotatable bonds is 9. The van der Waals surface area contributed by atoms with Crippen LogP contribution < -0.4 is 10.1 Å². The highest BCUT2D eigenvalue weighted by atomic mass is 16.5. The van der Waals surface area contributed by atoms with E-state index in [0.29, 0.717) is 6.54 Å². The molecule has 5 nitrogen and oxygen atoms in total. The third kappa shape index (κ3) is 4.31. The van der Waals surface area contributed by atoms with E-state index in [1.54, 1.807) is 7.11 Å². The van der Waals surface area contributed by atoms with Gasteiger partial charge in [0.2, 0.25) is 5.91 Å². The molecule has 2 aromatic carbocycles. The maximum Gasteiger partial charge on any atom is 0.230 e. The molecule has 0 heterocycles. The quantitative estimate of drug-likeness (QED) is 0.713. The number of carbonyl (C=O) groups excluding carboxylic acids is 1. The summed E-state index contributed by atoms with van der Waals surface area (Å²) < 4.78 is 11.2. The molecular formula is C22H27NO4. The van der Waals surface area contributed by atoms with Crippen molar-refractivity contribution in [3.63, 3.8) is 0 Å². The smallest absolute Gasteiger partial charge is 0.230 e. The minimum atomic E-state index is -0.512. The van der Waals surface area contributed by atoms with Crippen LogP contribution in [-0.2, 0) is 14.9 Å². The molecule has 2 N–H and O–H groups in total. The zero-order chi connectivity index (χ0) is 19.3. The molecule has 0 bridgehead atoms. The van der Waals surface area contributed by atoms with Gasteiger partial charge in [-0.3, -0.25) is 4.79 Å². The number of hydrogen-bond acceptors (Lipinski definition) is 4. The molecule has 0 aromatic heterocycles. The van der Waals surface area contributed by atoms with Gasteiger partial charge in [-0.1, -0.05) is 48.0 Å². The predicted octanol–water partition coefficient (Wildman–Crippen LogP) is 2.90. The van der Waals surface area contributed by atoms with Crippen molar-refractivity contribution in [2.75, 3.05) is 26.9 Å². The number of ether oxygens (including phenoxy) is 2. The maximum atomic E-state index is 13.0. The first-order chi connectivity index (χ1) is 13.1. The Morgan fingerprint density at radius 3 is 2.52 bits per heavy atom. The highest BCUT2D eigenvalue weighted by Gasteiger charge is 2.52. The second kappa shape index (κ2) is 8.55. The fourth-order valence-electron chi connectivity index (χ4n) is 3.39. The average molecular weight is 369 g/mol. The number of hydrogen-bond donors (Lipinski definition) is 2. The lowest BCUT2D eigenvalue weighted by Gasteiger charge is -2.22. The minimum absolute atomic E-state index is 0.00305. The van der Waals surface area contributed by atoms with Crippen LogP contribution >= 0.6 is 0 Å². The number of amides is 1. The van der Waals surface area contributed by atoms with Gasteiger partial charge in [0.05, 0.1) is 31.8 Å². The summed E-state index contributed by atoms with van der Waals surface area (Å²) in [6, 6.07) is 15.7. The van der Waals surface area contributed by atoms with Gasteiger partial charge in [0.15, 0.2) is 0 Å². The van der Waals surface area contributed by atoms with Gasteiger partial charge in [-0.25, -0.2) is 0 Å². The van der Waals surface area contributed by atoms with E-state index in [4.69, 9.17) is 14.6 Å². The first-order valence-electron chi connectivity index (χ1n) is 9.31. The molecule has 0 saturated heterocycles. The third-order valence-corrected chi connectivity index (χ3v) is 5.11. The molecule has 0 radical (unpaired) electrons. The van der Waals surface area contributed by atoms with E-state index >= 15 is 0 Å². The molecule has 27 heavy (non-hydrogen) atoms. The van der Waals surface area contributed by atoms with E-state index in [0.717, 1.165) is 35.3 Å². The van der Waals surface area contributed by atoms with Gasteiger partial charge in [0, 0.05) is 12.1 Å². The fraction of sp³-hybridized carbons (Fsp3) is 0.409. The topological polar surface area (TPSA) is 67.8 Å². The molecule has 3 rings (SSSR count). The van der Waals surface area contributed by atoms with Gasteiger partial charge < -0.3 is 19.9 Å². The number of carbonyl (C=O) groups is 1. The summed E-state index contributed by atoms with van der Waals surface area (Å²) in [5.74, 6) is 0.744. The first-order valence-corrected chi connectivity index (χ1v) is 9.31. The monoisotopic (exact) mass is 369 g/mol. The van der Waals surface area contributed by atoms with Gasteiger partial charge >= 0.3 is 0 Å². The Balaban J connectivity index is 1.71. The third-order valence-electron chi connectivity index (χ3n) is 5.11. The van der Waals surface area contributed by atoms with E-state index in [2.05, 4.69) is 5.32 Å². The molecule has 1 atom stereocenters. The molecule has 144 valence electrons. The highest BCUT2D eigenvalue weighted by molar-refractivity contribution is 5.92. The van der Waals surface area contributed by atoms with Crippen molar-refractivity contribution in [3.05, 3.63) is 65.2 Å². The number of nitrogens with one attached hydrogen (secondary N) is 1. The van der Waals surface area contributed by atoms with Crippen molar-refractivity contribution in [2.45, 2.75) is 31.3 Å². The molecule has 5 heteroatoms. The Hall–Kier alpha value is -2.37. The van der Waals surface area contributed by atoms with Gasteiger partial charge in [0.25, 0.3) is 0 Å². The number of aryl methyl sites for hydroxylation is 1. The SMILES string of the molecule is COc1ccccc1C1(C(=O)NCC(OCCO)c2ccc(C)cc2)CC1. The minimum Gasteiger partial charge on any atom is -0.496 e. The van der Waals surface area contributed by atoms with Crippen LogP contribution in [0.3, 0.4) is 0 Å². The number of aliphatic hydroxyl groups excluding tert-OH is 1. The van der Waals surface area contributed by atoms with Crippen molar-refractivity contribution in [3.8, 4) is 5.75 Å². The summed E-state index contributed by atoms with van der Waals surface area (Å²) in [5.41, 5.74) is 2.57. The summed E-state index contributed by atoms with van der Waals surface area (Å²) in [5, 5.41) is 12.2. The van der Waals surface area contributed by atoms with E-state index < -0.39 is 5.41 Å². The van der Waals surface area contributed by atoms with Crippen LogP contribution in [0.1, 0.15) is 35.6 Å². The normalized spacial score (nSPS) is 15.8. The fourth-order valence-corrected chi connectivity index (χ4v) is 3.39. The molecule has 2 aromatic rings. The summed E-state index contributed by atoms with van der Waals surface area (Å²) in [6.45, 7) is 2.56. The molecule has 0 aliphatic heterocycles. The van der Waals surface area contributed by atoms with E-state index in [-0.39, 0.29) is 25.2 Å². The Labute approximate surface area is 160 Å². The lowest BCUT2D eigenvalue weighted by atomic mass is 9.93. The Bertz CT molecular complexity index is 768. The zero-order valence-corrected chi connectivity index (χ0v) is 15.9. The van der Waals surface area contributed by atoms with Crippen molar-refractivity contribution < 1.29 is 19.4 Å². The number of benzene rings is 2. The molecule has 1 fully saturated rings. The number of methoxy groups -OCH3 is 1. The van der Waals surface area contributed by atoms with Crippen LogP contribution in [0.4, 0.5) is 0 Å². The predicted molar refractivity (Wildman–Crippen MR) is 104 cm³/mol. The summed E-state index contributed by atoms with van der Waals surface area (Å²) in [4.78, 5) is 13.0. The molecule has 1 aliphatic carbocycles. The molecular weight excluding hydrogens is 342 g/mol. The molecule has 1 saturated carbocycles. The summed E-state index contributed by atoms with van der Waals surface area (Å²) in [7, 11) is 1.63. The van der Waals surface area contributed by atoms with Crippen LogP contribution in [0.5, 0.6) is 5.75 Å². The Morgan fingerprint density at radius 2 is 1.89 bits per heavy atom. The van der Waals surface area contributed by atoms with Gasteiger partial charge in [0.1, 0.15) is 5.75 Å². The van der Waals surface area contributed by atoms with E-state index in [1.165, 1.54) is 0 Å². The van der Waals surface area contributed by atoms with Crippen molar-refractivity contribution in [1.29, 1.82) is 0 Å². The van der Waals surface area contributed by atoms with Gasteiger partial charge in [-0.05, 0) is 31.4 Å². The second-order valence-electron chi connectivity index (χ2n) is 6.99. The van der Waals surface area contributed by atoms with Gasteiger partial charge in [-0.2, -0.15) is 0 Å². The van der Waals surface area contributed by atoms with E-state index in [9.17, 15) is 4.79 Å². The number of para-hydroxylation sites is 1. The molecule has 0 spiro atoms. The van der Waals surface area contributed by atoms with Crippen LogP contribution in [0, 0.1) is 6.92 Å². The summed E-state index contributed by atoms with van der Waals surface area (Å²) >= 11 is 0. The lowest BCUT2D eigenvalue weighted by molar-refractivity contribution is -0.124. The van der Waals surface area contributed by atoms with Crippen LogP contribution in [-0.4, -0.2) is 37.9 Å². The van der Waals surface area contributed by atoms with Crippen molar-refractivity contribution in [1.82, 2.24) is 5.32 Å². The summed E-state index contributed by atoms with van der Waals surface area (Å²) in [6.07, 6.45) is 1.33. The average Bonchev–Trinajstić information content (AvgIpc) is 3.50. The van der Waals surface area contributed by atoms with Crippen LogP contribution in [0.15, 0.2) is 48.5 Å². The lowest BCUT2D eigenvalue weighted by Crippen LogP contribution is -2.38. The van der Waals surface area contributed by atoms with Crippen molar-refractivity contribution >= 4 is 5.91 Å². The second-order valence-corrected chi connectivity index (χ2v) is 6.99. The van der Waals surface area contributed by atoms with Gasteiger partial charge in [-0.15, -0.1) is 0 Å². The largest absolute Gasteiger partial charge is 0.496 e. The molecule has 1 amide bonds. The zero-order valence-electron chi connectivity index (χ0n) is 15.9. The van der Waals surface area contributed by atoms with E-state index in [1.807, 2.05) is 55.5 Å².